The number of carbonyl (C=O) groups is 5. The van der Waals surface area contributed by atoms with Crippen molar-refractivity contribution in [3.05, 3.63) is 59.7 Å². The molecule has 0 bridgehead atoms. The summed E-state index contributed by atoms with van der Waals surface area (Å²) >= 11 is 0. The van der Waals surface area contributed by atoms with Gasteiger partial charge < -0.3 is 29.4 Å². The van der Waals surface area contributed by atoms with E-state index >= 15 is 0 Å². The van der Waals surface area contributed by atoms with Gasteiger partial charge in [-0.2, -0.15) is 4.57 Å². The SMILES string of the molecule is CCCCCCCC/C=C\CCCCCCCC(=O)OP(=O)(OC(=O)CCCCCCC/C=C\CCCCCCCC)OC(=O)CC/N=C\c1ccc(C(=O)NCCCCC(N)C=O)cc1. The molecular formula is C53H88N3O9P. The molecule has 1 amide bonds. The number of hydrogen-bond acceptors (Lipinski definition) is 11. The first-order chi connectivity index (χ1) is 32.1. The van der Waals surface area contributed by atoms with E-state index in [0.29, 0.717) is 49.6 Å². The van der Waals surface area contributed by atoms with Gasteiger partial charge in [0, 0.05) is 37.7 Å². The average Bonchev–Trinajstić information content (AvgIpc) is 3.30. The fourth-order valence-electron chi connectivity index (χ4n) is 7.17. The lowest BCUT2D eigenvalue weighted by molar-refractivity contribution is -0.144. The minimum absolute atomic E-state index is 0.0411. The van der Waals surface area contributed by atoms with Gasteiger partial charge in [-0.25, -0.2) is 0 Å². The molecule has 3 N–H and O–H groups in total. The Balaban J connectivity index is 2.56. The van der Waals surface area contributed by atoms with Crippen molar-refractivity contribution >= 4 is 44.1 Å². The van der Waals surface area contributed by atoms with Crippen LogP contribution in [-0.4, -0.2) is 55.4 Å². The van der Waals surface area contributed by atoms with Crippen LogP contribution in [0, 0.1) is 0 Å². The average molecular weight is 942 g/mol. The monoisotopic (exact) mass is 942 g/mol. The molecule has 0 radical (unpaired) electrons. The van der Waals surface area contributed by atoms with Crippen molar-refractivity contribution < 1.29 is 42.1 Å². The van der Waals surface area contributed by atoms with Crippen LogP contribution in [0.15, 0.2) is 53.6 Å². The maximum Gasteiger partial charge on any atom is 0.653 e. The topological polar surface area (TPSA) is 181 Å². The molecule has 0 aliphatic rings. The van der Waals surface area contributed by atoms with Crippen molar-refractivity contribution in [1.82, 2.24) is 5.32 Å². The van der Waals surface area contributed by atoms with Gasteiger partial charge in [-0.3, -0.25) is 24.2 Å². The molecule has 1 unspecified atom stereocenters. The Kier molecular flexibility index (Phi) is 38.7. The van der Waals surface area contributed by atoms with Crippen molar-refractivity contribution in [3.63, 3.8) is 0 Å². The van der Waals surface area contributed by atoms with E-state index in [1.807, 2.05) is 0 Å². The van der Waals surface area contributed by atoms with Crippen LogP contribution in [0.5, 0.6) is 0 Å². The van der Waals surface area contributed by atoms with Gasteiger partial charge in [0.25, 0.3) is 5.91 Å². The van der Waals surface area contributed by atoms with Crippen molar-refractivity contribution in [2.75, 3.05) is 13.1 Å². The lowest BCUT2D eigenvalue weighted by Gasteiger charge is -2.16. The van der Waals surface area contributed by atoms with Gasteiger partial charge in [-0.15, -0.1) is 0 Å². The van der Waals surface area contributed by atoms with E-state index in [4.69, 9.17) is 19.3 Å². The molecule has 0 aliphatic carbocycles. The number of nitrogens with one attached hydrogen (secondary N) is 1. The number of unbranched alkanes of at least 4 members (excludes halogenated alkanes) is 23. The molecule has 1 aromatic carbocycles. The van der Waals surface area contributed by atoms with Gasteiger partial charge in [0.2, 0.25) is 0 Å². The van der Waals surface area contributed by atoms with E-state index in [1.165, 1.54) is 83.3 Å². The van der Waals surface area contributed by atoms with E-state index in [9.17, 15) is 28.5 Å². The number of phosphoric acid groups is 1. The molecule has 0 fully saturated rings. The fraction of sp³-hybridized carbons (Fsp3) is 0.698. The lowest BCUT2D eigenvalue weighted by atomic mass is 10.1. The summed E-state index contributed by atoms with van der Waals surface area (Å²) in [6.07, 6.45) is 41.6. The number of aliphatic imine (C=N–C) groups is 1. The summed E-state index contributed by atoms with van der Waals surface area (Å²) in [4.78, 5) is 65.8. The summed E-state index contributed by atoms with van der Waals surface area (Å²) < 4.78 is 28.9. The van der Waals surface area contributed by atoms with Gasteiger partial charge in [-0.1, -0.05) is 153 Å². The molecule has 1 aromatic rings. The first kappa shape index (κ1) is 60.1. The van der Waals surface area contributed by atoms with E-state index in [0.717, 1.165) is 83.5 Å². The molecule has 0 spiro atoms. The Bertz CT molecular complexity index is 1510. The number of aldehydes is 1. The minimum atomic E-state index is -4.88. The zero-order chi connectivity index (χ0) is 48.2. The summed E-state index contributed by atoms with van der Waals surface area (Å²) in [5, 5.41) is 2.84. The molecule has 0 saturated carbocycles. The van der Waals surface area contributed by atoms with Gasteiger partial charge in [0.15, 0.2) is 0 Å². The summed E-state index contributed by atoms with van der Waals surface area (Å²) in [5.74, 6) is -2.93. The minimum Gasteiger partial charge on any atom is -0.352 e. The third-order valence-electron chi connectivity index (χ3n) is 11.2. The second-order valence-electron chi connectivity index (χ2n) is 17.5. The number of carbonyl (C=O) groups excluding carboxylic acids is 5. The third kappa shape index (κ3) is 36.3. The van der Waals surface area contributed by atoms with Gasteiger partial charge in [0.05, 0.1) is 12.5 Å². The largest absolute Gasteiger partial charge is 0.653 e. The highest BCUT2D eigenvalue weighted by molar-refractivity contribution is 7.50. The van der Waals surface area contributed by atoms with Crippen LogP contribution in [0.25, 0.3) is 0 Å². The predicted octanol–water partition coefficient (Wildman–Crippen LogP) is 13.7. The predicted molar refractivity (Wildman–Crippen MR) is 269 cm³/mol. The quantitative estimate of drug-likeness (QED) is 0.0210. The van der Waals surface area contributed by atoms with Crippen LogP contribution in [0.4, 0.5) is 0 Å². The van der Waals surface area contributed by atoms with Gasteiger partial charge in [0.1, 0.15) is 6.29 Å². The van der Waals surface area contributed by atoms with Crippen LogP contribution in [0.2, 0.25) is 0 Å². The molecule has 0 aromatic heterocycles. The third-order valence-corrected chi connectivity index (χ3v) is 12.5. The highest BCUT2D eigenvalue weighted by atomic mass is 31.2. The highest BCUT2D eigenvalue weighted by Crippen LogP contribution is 2.51. The molecule has 13 heteroatoms. The highest BCUT2D eigenvalue weighted by Gasteiger charge is 2.39. The Morgan fingerprint density at radius 2 is 0.985 bits per heavy atom. The number of nitrogens with zero attached hydrogens (tertiary/aromatic N) is 1. The van der Waals surface area contributed by atoms with Crippen molar-refractivity contribution in [2.24, 2.45) is 10.7 Å². The second kappa shape index (κ2) is 42.5. The zero-order valence-electron chi connectivity index (χ0n) is 41.0. The number of hydrogen-bond donors (Lipinski definition) is 2. The number of allylic oxidation sites excluding steroid dienone is 4. The molecule has 0 saturated heterocycles. The summed E-state index contributed by atoms with van der Waals surface area (Å²) in [5.41, 5.74) is 6.74. The van der Waals surface area contributed by atoms with Crippen molar-refractivity contribution in [3.8, 4) is 0 Å². The second-order valence-corrected chi connectivity index (χ2v) is 18.9. The molecule has 374 valence electrons. The Morgan fingerprint density at radius 3 is 1.42 bits per heavy atom. The normalized spacial score (nSPS) is 12.2. The van der Waals surface area contributed by atoms with Crippen LogP contribution < -0.4 is 11.1 Å². The lowest BCUT2D eigenvalue weighted by Crippen LogP contribution is -2.25. The number of benzene rings is 1. The molecule has 0 heterocycles. The van der Waals surface area contributed by atoms with Crippen LogP contribution >= 0.6 is 7.82 Å². The van der Waals surface area contributed by atoms with E-state index < -0.39 is 31.8 Å². The van der Waals surface area contributed by atoms with Gasteiger partial charge >= 0.3 is 25.7 Å². The van der Waals surface area contributed by atoms with Crippen molar-refractivity contribution in [2.45, 2.75) is 225 Å². The zero-order valence-corrected chi connectivity index (χ0v) is 41.9. The first-order valence-corrected chi connectivity index (χ1v) is 27.2. The summed E-state index contributed by atoms with van der Waals surface area (Å²) in [6, 6.07) is 6.24. The molecule has 12 nitrogen and oxygen atoms in total. The van der Waals surface area contributed by atoms with E-state index in [-0.39, 0.29) is 31.7 Å². The fourth-order valence-corrected chi connectivity index (χ4v) is 8.30. The first-order valence-electron chi connectivity index (χ1n) is 25.8. The van der Waals surface area contributed by atoms with Crippen LogP contribution in [0.1, 0.15) is 235 Å². The van der Waals surface area contributed by atoms with Crippen molar-refractivity contribution in [1.29, 1.82) is 0 Å². The van der Waals surface area contributed by atoms with E-state index in [1.54, 1.807) is 24.3 Å². The summed E-state index contributed by atoms with van der Waals surface area (Å²) in [6.45, 7) is 4.89. The standard InChI is InChI=1S/C53H88N3O9P/c1-3-5-7-9-11-13-15-17-19-21-23-25-27-29-31-36-50(58)63-66(62,64-51(59)37-32-30-28-26-24-22-20-18-16-14-12-10-8-6-4-2)65-52(60)42-44-55-45-47-38-40-48(41-39-47)53(61)56-43-34-33-35-49(54)46-57/h17-20,38-41,45-46,49H,3-16,21-37,42-44,54H2,1-2H3,(H,56,61)/b19-17-,20-18-,55-45-. The Morgan fingerprint density at radius 1 is 0.576 bits per heavy atom. The smallest absolute Gasteiger partial charge is 0.352 e. The number of rotatable bonds is 44. The molecule has 1 rings (SSSR count). The maximum absolute atomic E-state index is 13.6. The molecule has 1 atom stereocenters. The number of nitrogens with two attached hydrogens (primary N) is 1. The molecular weight excluding hydrogens is 854 g/mol. The molecule has 66 heavy (non-hydrogen) atoms. The number of amides is 1. The molecule has 0 aliphatic heterocycles. The van der Waals surface area contributed by atoms with Gasteiger partial charge in [-0.05, 0) is 101 Å². The Hall–Kier alpha value is -3.89. The van der Waals surface area contributed by atoms with E-state index in [2.05, 4.69) is 48.5 Å². The van der Waals surface area contributed by atoms with Crippen LogP contribution in [-0.2, 0) is 37.3 Å². The number of phosphoric ester groups is 1. The maximum atomic E-state index is 13.6. The van der Waals surface area contributed by atoms with Crippen LogP contribution in [0.3, 0.4) is 0 Å². The Labute approximate surface area is 399 Å². The summed E-state index contributed by atoms with van der Waals surface area (Å²) in [7, 11) is -4.88.